The molecule has 0 saturated carbocycles. The third-order valence-corrected chi connectivity index (χ3v) is 6.49. The van der Waals surface area contributed by atoms with Crippen molar-refractivity contribution in [3.8, 4) is 10.7 Å². The molecular formula is C19H20FN3OS2. The van der Waals surface area contributed by atoms with Gasteiger partial charge in [-0.05, 0) is 48.9 Å². The molecule has 136 valence electrons. The quantitative estimate of drug-likeness (QED) is 0.545. The summed E-state index contributed by atoms with van der Waals surface area (Å²) in [6.45, 7) is 3.70. The number of rotatable bonds is 6. The van der Waals surface area contributed by atoms with Crippen LogP contribution < -0.4 is 0 Å². The zero-order chi connectivity index (χ0) is 17.9. The molecule has 26 heavy (non-hydrogen) atoms. The number of ether oxygens (including phenoxy) is 1. The Kier molecular flexibility index (Phi) is 5.38. The predicted octanol–water partition coefficient (Wildman–Crippen LogP) is 5.18. The van der Waals surface area contributed by atoms with Crippen LogP contribution in [0.1, 0.15) is 30.6 Å². The minimum Gasteiger partial charge on any atom is -0.376 e. The fourth-order valence-corrected chi connectivity index (χ4v) is 4.78. The number of thioether (sulfide) groups is 1. The Hall–Kier alpha value is -1.70. The van der Waals surface area contributed by atoms with Crippen LogP contribution in [0.3, 0.4) is 0 Å². The first-order valence-corrected chi connectivity index (χ1v) is 10.5. The van der Waals surface area contributed by atoms with Crippen molar-refractivity contribution in [2.45, 2.75) is 42.8 Å². The molecule has 0 N–H and O–H groups in total. The molecule has 2 aromatic heterocycles. The smallest absolute Gasteiger partial charge is 0.192 e. The highest BCUT2D eigenvalue weighted by atomic mass is 32.2. The molecule has 1 aliphatic rings. The fourth-order valence-electron chi connectivity index (χ4n) is 3.08. The maximum absolute atomic E-state index is 13.2. The number of hydrogen-bond donors (Lipinski definition) is 0. The van der Waals surface area contributed by atoms with E-state index in [9.17, 15) is 4.39 Å². The van der Waals surface area contributed by atoms with Crippen LogP contribution in [0.15, 0.2) is 46.9 Å². The summed E-state index contributed by atoms with van der Waals surface area (Å²) in [4.78, 5) is 1.11. The molecule has 0 radical (unpaired) electrons. The lowest BCUT2D eigenvalue weighted by Gasteiger charge is -2.16. The lowest BCUT2D eigenvalue weighted by Crippen LogP contribution is -2.16. The Morgan fingerprint density at radius 3 is 2.85 bits per heavy atom. The highest BCUT2D eigenvalue weighted by Crippen LogP contribution is 2.36. The topological polar surface area (TPSA) is 39.9 Å². The second-order valence-electron chi connectivity index (χ2n) is 6.34. The molecule has 3 aromatic rings. The molecule has 4 rings (SSSR count). The average molecular weight is 390 g/mol. The Morgan fingerprint density at radius 1 is 1.31 bits per heavy atom. The molecule has 0 aliphatic carbocycles. The molecule has 4 nitrogen and oxygen atoms in total. The van der Waals surface area contributed by atoms with Gasteiger partial charge in [-0.25, -0.2) is 4.39 Å². The average Bonchev–Trinajstić information content (AvgIpc) is 3.39. The number of benzene rings is 1. The molecular weight excluding hydrogens is 369 g/mol. The van der Waals surface area contributed by atoms with Crippen molar-refractivity contribution in [1.29, 1.82) is 0 Å². The Bertz CT molecular complexity index is 842. The number of halogens is 1. The third-order valence-electron chi connectivity index (χ3n) is 4.49. The van der Waals surface area contributed by atoms with Crippen molar-refractivity contribution >= 4 is 23.1 Å². The monoisotopic (exact) mass is 389 g/mol. The second-order valence-corrected chi connectivity index (χ2v) is 8.60. The molecule has 2 unspecified atom stereocenters. The van der Waals surface area contributed by atoms with Gasteiger partial charge in [0.1, 0.15) is 5.82 Å². The van der Waals surface area contributed by atoms with Gasteiger partial charge in [0.25, 0.3) is 0 Å². The SMILES string of the molecule is CC(Sc1nnc(-c2cccs2)n1CC1CCCO1)c1ccc(F)cc1. The molecule has 0 bridgehead atoms. The first-order valence-electron chi connectivity index (χ1n) is 8.71. The van der Waals surface area contributed by atoms with Gasteiger partial charge in [-0.1, -0.05) is 30.0 Å². The van der Waals surface area contributed by atoms with Crippen molar-refractivity contribution in [3.63, 3.8) is 0 Å². The third kappa shape index (κ3) is 3.84. The zero-order valence-electron chi connectivity index (χ0n) is 14.5. The zero-order valence-corrected chi connectivity index (χ0v) is 16.1. The Morgan fingerprint density at radius 2 is 2.15 bits per heavy atom. The Labute approximate surface area is 160 Å². The molecule has 0 spiro atoms. The van der Waals surface area contributed by atoms with Crippen LogP contribution >= 0.6 is 23.1 Å². The van der Waals surface area contributed by atoms with Gasteiger partial charge >= 0.3 is 0 Å². The fraction of sp³-hybridized carbons (Fsp3) is 0.368. The van der Waals surface area contributed by atoms with E-state index in [4.69, 9.17) is 4.74 Å². The summed E-state index contributed by atoms with van der Waals surface area (Å²) in [6.07, 6.45) is 2.39. The minimum atomic E-state index is -0.215. The van der Waals surface area contributed by atoms with Gasteiger partial charge < -0.3 is 4.74 Å². The van der Waals surface area contributed by atoms with E-state index >= 15 is 0 Å². The lowest BCUT2D eigenvalue weighted by molar-refractivity contribution is 0.0953. The van der Waals surface area contributed by atoms with Gasteiger partial charge in [0, 0.05) is 11.9 Å². The van der Waals surface area contributed by atoms with Crippen molar-refractivity contribution < 1.29 is 9.13 Å². The van der Waals surface area contributed by atoms with Crippen LogP contribution in [0, 0.1) is 5.82 Å². The van der Waals surface area contributed by atoms with Crippen molar-refractivity contribution in [2.24, 2.45) is 0 Å². The molecule has 1 aliphatic heterocycles. The number of nitrogens with zero attached hydrogens (tertiary/aromatic N) is 3. The molecule has 1 aromatic carbocycles. The van der Waals surface area contributed by atoms with Gasteiger partial charge in [-0.15, -0.1) is 21.5 Å². The summed E-state index contributed by atoms with van der Waals surface area (Å²) >= 11 is 3.31. The van der Waals surface area contributed by atoms with Gasteiger partial charge in [0.05, 0.1) is 17.5 Å². The first-order chi connectivity index (χ1) is 12.7. The summed E-state index contributed by atoms with van der Waals surface area (Å²) < 4.78 is 21.2. The van der Waals surface area contributed by atoms with Crippen molar-refractivity contribution in [1.82, 2.24) is 14.8 Å². The van der Waals surface area contributed by atoms with Crippen LogP contribution in [0.25, 0.3) is 10.7 Å². The second kappa shape index (κ2) is 7.90. The van der Waals surface area contributed by atoms with Gasteiger partial charge in [0.15, 0.2) is 11.0 Å². The number of thiophene rings is 1. The largest absolute Gasteiger partial charge is 0.376 e. The summed E-state index contributed by atoms with van der Waals surface area (Å²) in [6, 6.07) is 10.8. The predicted molar refractivity (Wildman–Crippen MR) is 103 cm³/mol. The van der Waals surface area contributed by atoms with E-state index in [1.54, 1.807) is 23.1 Å². The van der Waals surface area contributed by atoms with Crippen LogP contribution in [0.4, 0.5) is 4.39 Å². The van der Waals surface area contributed by atoms with E-state index in [0.717, 1.165) is 47.4 Å². The molecule has 7 heteroatoms. The number of aromatic nitrogens is 3. The molecule has 1 fully saturated rings. The maximum Gasteiger partial charge on any atom is 0.192 e. The van der Waals surface area contributed by atoms with Crippen molar-refractivity contribution in [2.75, 3.05) is 6.61 Å². The summed E-state index contributed by atoms with van der Waals surface area (Å²) in [5.41, 5.74) is 1.07. The van der Waals surface area contributed by atoms with E-state index in [2.05, 4.69) is 27.8 Å². The van der Waals surface area contributed by atoms with Crippen LogP contribution in [-0.2, 0) is 11.3 Å². The lowest BCUT2D eigenvalue weighted by atomic mass is 10.2. The van der Waals surface area contributed by atoms with E-state index in [1.165, 1.54) is 12.1 Å². The van der Waals surface area contributed by atoms with E-state index < -0.39 is 0 Å². The van der Waals surface area contributed by atoms with E-state index in [1.807, 2.05) is 23.6 Å². The highest BCUT2D eigenvalue weighted by Gasteiger charge is 2.23. The van der Waals surface area contributed by atoms with Gasteiger partial charge in [0.2, 0.25) is 0 Å². The first kappa shape index (κ1) is 17.7. The molecule has 0 amide bonds. The van der Waals surface area contributed by atoms with Crippen LogP contribution in [-0.4, -0.2) is 27.5 Å². The van der Waals surface area contributed by atoms with Gasteiger partial charge in [-0.2, -0.15) is 0 Å². The van der Waals surface area contributed by atoms with E-state index in [0.29, 0.717) is 0 Å². The normalized spacial score (nSPS) is 18.3. The standard InChI is InChI=1S/C19H20FN3OS2/c1-13(14-6-8-15(20)9-7-14)26-19-22-21-18(17-5-3-11-25-17)23(19)12-16-4-2-10-24-16/h3,5-9,11,13,16H,2,4,10,12H2,1H3. The van der Waals surface area contributed by atoms with Crippen molar-refractivity contribution in [3.05, 3.63) is 53.2 Å². The molecule has 2 atom stereocenters. The highest BCUT2D eigenvalue weighted by molar-refractivity contribution is 7.99. The number of hydrogen-bond acceptors (Lipinski definition) is 5. The maximum atomic E-state index is 13.2. The summed E-state index contributed by atoms with van der Waals surface area (Å²) in [7, 11) is 0. The van der Waals surface area contributed by atoms with E-state index in [-0.39, 0.29) is 17.2 Å². The molecule has 3 heterocycles. The summed E-state index contributed by atoms with van der Waals surface area (Å²) in [5, 5.41) is 12.0. The minimum absolute atomic E-state index is 0.152. The molecule has 1 saturated heterocycles. The van der Waals surface area contributed by atoms with Gasteiger partial charge in [-0.3, -0.25) is 4.57 Å². The van der Waals surface area contributed by atoms with Crippen LogP contribution in [0.2, 0.25) is 0 Å². The Balaban J connectivity index is 1.61. The summed E-state index contributed by atoms with van der Waals surface area (Å²) in [5.74, 6) is 0.678. The van der Waals surface area contributed by atoms with Crippen LogP contribution in [0.5, 0.6) is 0 Å².